The van der Waals surface area contributed by atoms with Crippen LogP contribution in [0.1, 0.15) is 28.9 Å². The Labute approximate surface area is 185 Å². The average molecular weight is 443 g/mol. The van der Waals surface area contributed by atoms with Crippen LogP contribution in [0.4, 0.5) is 10.1 Å². The number of benzene rings is 2. The number of rotatable bonds is 5. The first-order valence-electron chi connectivity index (χ1n) is 10.2. The maximum absolute atomic E-state index is 13.2. The summed E-state index contributed by atoms with van der Waals surface area (Å²) >= 11 is 6.47. The van der Waals surface area contributed by atoms with Crippen molar-refractivity contribution in [2.75, 3.05) is 25.1 Å². The van der Waals surface area contributed by atoms with Gasteiger partial charge in [-0.15, -0.1) is 0 Å². The summed E-state index contributed by atoms with van der Waals surface area (Å²) < 4.78 is 19.9. The van der Waals surface area contributed by atoms with Gasteiger partial charge in [-0.25, -0.2) is 9.07 Å². The molecule has 3 aromatic rings. The summed E-state index contributed by atoms with van der Waals surface area (Å²) in [6.07, 6.45) is 1.67. The Morgan fingerprint density at radius 1 is 1.10 bits per heavy atom. The zero-order valence-corrected chi connectivity index (χ0v) is 18.2. The highest BCUT2D eigenvalue weighted by Gasteiger charge is 2.26. The standard InChI is InChI=1S/C23H24ClFN4O2/c1-15-21(22(24)29(27-15)19-5-3-16(25)4-6-19)23(30)26-17-11-13-28(14-12-17)18-7-9-20(31-2)10-8-18/h3-10,17H,11-14H2,1-2H3,(H,26,30). The van der Waals surface area contributed by atoms with Crippen LogP contribution in [-0.4, -0.2) is 41.9 Å². The fraction of sp³-hybridized carbons (Fsp3) is 0.304. The molecule has 1 aliphatic rings. The molecule has 31 heavy (non-hydrogen) atoms. The van der Waals surface area contributed by atoms with Gasteiger partial charge in [0.1, 0.15) is 16.7 Å². The van der Waals surface area contributed by atoms with Gasteiger partial charge in [0.2, 0.25) is 0 Å². The van der Waals surface area contributed by atoms with E-state index < -0.39 is 0 Å². The highest BCUT2D eigenvalue weighted by molar-refractivity contribution is 6.33. The maximum atomic E-state index is 13.2. The Morgan fingerprint density at radius 3 is 2.32 bits per heavy atom. The summed E-state index contributed by atoms with van der Waals surface area (Å²) in [5.74, 6) is 0.251. The minimum atomic E-state index is -0.345. The predicted molar refractivity (Wildman–Crippen MR) is 119 cm³/mol. The van der Waals surface area contributed by atoms with Crippen molar-refractivity contribution in [3.05, 3.63) is 70.8 Å². The van der Waals surface area contributed by atoms with Crippen LogP contribution in [0.2, 0.25) is 5.15 Å². The minimum Gasteiger partial charge on any atom is -0.497 e. The third kappa shape index (κ3) is 4.51. The van der Waals surface area contributed by atoms with Crippen molar-refractivity contribution in [1.29, 1.82) is 0 Å². The number of hydrogen-bond donors (Lipinski definition) is 1. The Kier molecular flexibility index (Phi) is 6.13. The average Bonchev–Trinajstić information content (AvgIpc) is 3.09. The maximum Gasteiger partial charge on any atom is 0.256 e. The van der Waals surface area contributed by atoms with Crippen LogP contribution in [0.3, 0.4) is 0 Å². The van der Waals surface area contributed by atoms with Crippen molar-refractivity contribution in [1.82, 2.24) is 15.1 Å². The van der Waals surface area contributed by atoms with Crippen LogP contribution in [0.15, 0.2) is 48.5 Å². The quantitative estimate of drug-likeness (QED) is 0.637. The normalized spacial score (nSPS) is 14.5. The van der Waals surface area contributed by atoms with Gasteiger partial charge in [-0.3, -0.25) is 4.79 Å². The molecular weight excluding hydrogens is 419 g/mol. The largest absolute Gasteiger partial charge is 0.497 e. The molecule has 2 aromatic carbocycles. The van der Waals surface area contributed by atoms with Gasteiger partial charge < -0.3 is 15.0 Å². The van der Waals surface area contributed by atoms with Crippen LogP contribution < -0.4 is 15.0 Å². The molecule has 1 amide bonds. The molecule has 1 aliphatic heterocycles. The van der Waals surface area contributed by atoms with Gasteiger partial charge in [-0.2, -0.15) is 5.10 Å². The molecule has 0 radical (unpaired) electrons. The third-order valence-electron chi connectivity index (χ3n) is 5.57. The van der Waals surface area contributed by atoms with Crippen LogP contribution >= 0.6 is 11.6 Å². The summed E-state index contributed by atoms with van der Waals surface area (Å²) in [4.78, 5) is 15.2. The van der Waals surface area contributed by atoms with Gasteiger partial charge in [-0.05, 0) is 68.3 Å². The number of anilines is 1. The van der Waals surface area contributed by atoms with Gasteiger partial charge >= 0.3 is 0 Å². The molecule has 0 unspecified atom stereocenters. The van der Waals surface area contributed by atoms with Crippen molar-refractivity contribution >= 4 is 23.2 Å². The lowest BCUT2D eigenvalue weighted by atomic mass is 10.0. The van der Waals surface area contributed by atoms with E-state index >= 15 is 0 Å². The number of nitrogens with one attached hydrogen (secondary N) is 1. The van der Waals surface area contributed by atoms with Gasteiger partial charge in [0, 0.05) is 24.8 Å². The number of hydrogen-bond acceptors (Lipinski definition) is 4. The highest BCUT2D eigenvalue weighted by Crippen LogP contribution is 2.26. The molecule has 8 heteroatoms. The van der Waals surface area contributed by atoms with Crippen LogP contribution in [0, 0.1) is 12.7 Å². The molecule has 0 aliphatic carbocycles. The molecule has 0 bridgehead atoms. The molecular formula is C23H24ClFN4O2. The smallest absolute Gasteiger partial charge is 0.256 e. The number of amides is 1. The first-order chi connectivity index (χ1) is 15.0. The SMILES string of the molecule is COc1ccc(N2CCC(NC(=O)c3c(C)nn(-c4ccc(F)cc4)c3Cl)CC2)cc1. The lowest BCUT2D eigenvalue weighted by Crippen LogP contribution is -2.44. The van der Waals surface area contributed by atoms with Gasteiger partial charge in [0.05, 0.1) is 24.1 Å². The van der Waals surface area contributed by atoms with E-state index in [1.54, 1.807) is 26.2 Å². The Balaban J connectivity index is 1.40. The lowest BCUT2D eigenvalue weighted by molar-refractivity contribution is 0.0930. The fourth-order valence-electron chi connectivity index (χ4n) is 3.84. The van der Waals surface area contributed by atoms with E-state index in [9.17, 15) is 9.18 Å². The molecule has 1 fully saturated rings. The highest BCUT2D eigenvalue weighted by atomic mass is 35.5. The van der Waals surface area contributed by atoms with Crippen molar-refractivity contribution < 1.29 is 13.9 Å². The molecule has 0 spiro atoms. The van der Waals surface area contributed by atoms with Crippen molar-refractivity contribution in [3.63, 3.8) is 0 Å². The molecule has 0 atom stereocenters. The number of methoxy groups -OCH3 is 1. The van der Waals surface area contributed by atoms with E-state index in [1.165, 1.54) is 16.8 Å². The first kappa shape index (κ1) is 21.2. The van der Waals surface area contributed by atoms with E-state index in [0.717, 1.165) is 37.4 Å². The molecule has 4 rings (SSSR count). The van der Waals surface area contributed by atoms with Crippen LogP contribution in [-0.2, 0) is 0 Å². The minimum absolute atomic E-state index is 0.0617. The molecule has 2 heterocycles. The second kappa shape index (κ2) is 8.98. The van der Waals surface area contributed by atoms with Crippen LogP contribution in [0.25, 0.3) is 5.69 Å². The number of halogens is 2. The van der Waals surface area contributed by atoms with Crippen molar-refractivity contribution in [2.45, 2.75) is 25.8 Å². The summed E-state index contributed by atoms with van der Waals surface area (Å²) in [6.45, 7) is 3.44. The molecule has 1 N–H and O–H groups in total. The van der Waals surface area contributed by atoms with Gasteiger partial charge in [-0.1, -0.05) is 11.6 Å². The number of piperidine rings is 1. The van der Waals surface area contributed by atoms with E-state index in [0.29, 0.717) is 16.9 Å². The summed E-state index contributed by atoms with van der Waals surface area (Å²) in [5.41, 5.74) is 2.62. The monoisotopic (exact) mass is 442 g/mol. The molecule has 1 aromatic heterocycles. The summed E-state index contributed by atoms with van der Waals surface area (Å²) in [5, 5.41) is 7.69. The zero-order chi connectivity index (χ0) is 22.0. The van der Waals surface area contributed by atoms with Crippen LogP contribution in [0.5, 0.6) is 5.75 Å². The number of carbonyl (C=O) groups excluding carboxylic acids is 1. The van der Waals surface area contributed by atoms with E-state index in [-0.39, 0.29) is 22.9 Å². The molecule has 6 nitrogen and oxygen atoms in total. The summed E-state index contributed by atoms with van der Waals surface area (Å²) in [7, 11) is 1.65. The topological polar surface area (TPSA) is 59.4 Å². The number of ether oxygens (including phenoxy) is 1. The number of nitrogens with zero attached hydrogens (tertiary/aromatic N) is 3. The second-order valence-electron chi connectivity index (χ2n) is 7.57. The van der Waals surface area contributed by atoms with Gasteiger partial charge in [0.25, 0.3) is 5.91 Å². The Morgan fingerprint density at radius 2 is 1.71 bits per heavy atom. The van der Waals surface area contributed by atoms with E-state index in [4.69, 9.17) is 16.3 Å². The van der Waals surface area contributed by atoms with Gasteiger partial charge in [0.15, 0.2) is 0 Å². The Hall–Kier alpha value is -3.06. The third-order valence-corrected chi connectivity index (χ3v) is 5.92. The number of aromatic nitrogens is 2. The molecule has 162 valence electrons. The number of aryl methyl sites for hydroxylation is 1. The second-order valence-corrected chi connectivity index (χ2v) is 7.93. The molecule has 0 saturated carbocycles. The number of carbonyl (C=O) groups is 1. The van der Waals surface area contributed by atoms with E-state index in [2.05, 4.69) is 15.3 Å². The Bertz CT molecular complexity index is 1060. The van der Waals surface area contributed by atoms with Crippen molar-refractivity contribution in [3.8, 4) is 11.4 Å². The predicted octanol–water partition coefficient (Wildman–Crippen LogP) is 4.38. The van der Waals surface area contributed by atoms with Crippen molar-refractivity contribution in [2.24, 2.45) is 0 Å². The summed E-state index contributed by atoms with van der Waals surface area (Å²) in [6, 6.07) is 13.9. The first-order valence-corrected chi connectivity index (χ1v) is 10.5. The fourth-order valence-corrected chi connectivity index (χ4v) is 4.20. The lowest BCUT2D eigenvalue weighted by Gasteiger charge is -2.34. The molecule has 1 saturated heterocycles. The van der Waals surface area contributed by atoms with E-state index in [1.807, 2.05) is 24.3 Å². The zero-order valence-electron chi connectivity index (χ0n) is 17.4.